The van der Waals surface area contributed by atoms with Crippen LogP contribution in [0, 0.1) is 63.6 Å². The molecule has 0 radical (unpaired) electrons. The Labute approximate surface area is 292 Å². The van der Waals surface area contributed by atoms with E-state index in [-0.39, 0.29) is 23.6 Å². The largest absolute Gasteiger partial charge is 0.462 e. The first-order chi connectivity index (χ1) is 23.2. The number of ketones is 1. The first-order valence-corrected chi connectivity index (χ1v) is 17.8. The second-order valence-electron chi connectivity index (χ2n) is 16.9. The summed E-state index contributed by atoms with van der Waals surface area (Å²) in [7, 11) is 0. The first-order valence-electron chi connectivity index (χ1n) is 17.8. The van der Waals surface area contributed by atoms with Crippen LogP contribution in [0.25, 0.3) is 0 Å². The number of fused-ring (bicyclic) bond motifs is 10. The van der Waals surface area contributed by atoms with Gasteiger partial charge in [0.1, 0.15) is 29.8 Å². The van der Waals surface area contributed by atoms with Gasteiger partial charge < -0.3 is 33.5 Å². The summed E-state index contributed by atoms with van der Waals surface area (Å²) in [5.41, 5.74) is -4.51. The molecule has 2 heterocycles. The molecule has 0 amide bonds. The van der Waals surface area contributed by atoms with Crippen molar-refractivity contribution in [2.75, 3.05) is 0 Å². The minimum Gasteiger partial charge on any atom is -0.462 e. The number of carbonyl (C=O) groups excluding carboxylic acids is 5. The van der Waals surface area contributed by atoms with Crippen LogP contribution in [0.4, 0.5) is 0 Å². The topological polar surface area (TPSA) is 164 Å². The molecular formula is C38H50O12. The number of esters is 4. The third-order valence-corrected chi connectivity index (χ3v) is 14.6. The number of aliphatic hydroxyl groups is 1. The number of epoxide rings is 1. The lowest BCUT2D eigenvalue weighted by molar-refractivity contribution is -0.254. The second-order valence-corrected chi connectivity index (χ2v) is 16.9. The van der Waals surface area contributed by atoms with Gasteiger partial charge in [0.25, 0.3) is 0 Å². The van der Waals surface area contributed by atoms with Crippen LogP contribution in [-0.4, -0.2) is 77.0 Å². The molecule has 2 aliphatic heterocycles. The average Bonchev–Trinajstić information content (AvgIpc) is 3.68. The van der Waals surface area contributed by atoms with E-state index in [1.54, 1.807) is 6.92 Å². The predicted octanol–water partition coefficient (Wildman–Crippen LogP) is 3.67. The van der Waals surface area contributed by atoms with Crippen molar-refractivity contribution in [2.24, 2.45) is 63.6 Å². The lowest BCUT2D eigenvalue weighted by Gasteiger charge is -2.65. The number of carbonyl (C=O) groups is 5. The van der Waals surface area contributed by atoms with Crippen molar-refractivity contribution in [3.05, 3.63) is 24.2 Å². The molecule has 12 heteroatoms. The van der Waals surface area contributed by atoms with Crippen LogP contribution in [0.5, 0.6) is 0 Å². The quantitative estimate of drug-likeness (QED) is 0.258. The number of aliphatic hydroxyl groups excluding tert-OH is 1. The van der Waals surface area contributed by atoms with Gasteiger partial charge in [-0.2, -0.15) is 0 Å². The van der Waals surface area contributed by atoms with Crippen molar-refractivity contribution in [2.45, 2.75) is 118 Å². The molecular weight excluding hydrogens is 648 g/mol. The Balaban J connectivity index is 1.48. The van der Waals surface area contributed by atoms with Crippen LogP contribution in [0.2, 0.25) is 0 Å². The lowest BCUT2D eigenvalue weighted by atomic mass is 9.39. The van der Waals surface area contributed by atoms with E-state index >= 15 is 0 Å². The van der Waals surface area contributed by atoms with Crippen molar-refractivity contribution in [1.29, 1.82) is 0 Å². The van der Waals surface area contributed by atoms with Crippen molar-refractivity contribution < 1.29 is 57.5 Å². The number of hydrogen-bond acceptors (Lipinski definition) is 12. The zero-order chi connectivity index (χ0) is 36.8. The van der Waals surface area contributed by atoms with E-state index in [1.165, 1.54) is 27.7 Å². The standard InChI is InChI=1S/C38H50O12/c1-14-12-23-37(10,38(11,16(3)45-23)50-20(7)42)28-25(14)36(9)27(30(28)44)24-26(15(2)33(36)47-18(5)40)35(8)21(29(43)32(24)46-17(4)39)13-22-31(49-22)34(35)48-19(6)41/h12,14-15,21-22,24-28,30-34,44H,3,13H2,1-2,4-11H3/t14-,15+,21-,22+,24-,25+,26?,27-,28+,30-,31+,32-,33+,34+,35+,36-,37+,38-/m1/s1. The van der Waals surface area contributed by atoms with E-state index in [9.17, 15) is 29.1 Å². The zero-order valence-corrected chi connectivity index (χ0v) is 30.5. The SMILES string of the molecule is C=C1OC2=C[C@@H](C)[C@H]3[C@@H]([C@H](O)[C@H]4[C@H]5C([C@H](C)[C@H](OC(C)=O)[C@]34C)[C@]3(C)[C@H](C[C@@H]4O[C@@H]4[C@@H]3OC(C)=O)C(=O)[C@@H]5OC(C)=O)[C@@]2(C)[C@]1(C)OC(C)=O. The predicted molar refractivity (Wildman–Crippen MR) is 173 cm³/mol. The van der Waals surface area contributed by atoms with Gasteiger partial charge in [0, 0.05) is 62.2 Å². The number of ether oxygens (including phenoxy) is 6. The maximum absolute atomic E-state index is 14.9. The highest BCUT2D eigenvalue weighted by Crippen LogP contribution is 2.77. The minimum atomic E-state index is -1.38. The van der Waals surface area contributed by atoms with Crippen LogP contribution >= 0.6 is 0 Å². The molecule has 0 bridgehead atoms. The van der Waals surface area contributed by atoms with Crippen LogP contribution in [0.15, 0.2) is 24.2 Å². The monoisotopic (exact) mass is 698 g/mol. The van der Waals surface area contributed by atoms with E-state index in [1.807, 2.05) is 40.7 Å². The molecule has 4 saturated carbocycles. The summed E-state index contributed by atoms with van der Waals surface area (Å²) in [6, 6.07) is 0. The molecule has 274 valence electrons. The van der Waals surface area contributed by atoms with Gasteiger partial charge in [-0.3, -0.25) is 24.0 Å². The summed E-state index contributed by atoms with van der Waals surface area (Å²) in [5, 5.41) is 13.1. The van der Waals surface area contributed by atoms with E-state index in [2.05, 4.69) is 6.58 Å². The third kappa shape index (κ3) is 4.20. The second kappa shape index (κ2) is 10.9. The smallest absolute Gasteiger partial charge is 0.303 e. The maximum Gasteiger partial charge on any atom is 0.303 e. The normalized spacial score (nSPS) is 52.3. The van der Waals surface area contributed by atoms with Crippen molar-refractivity contribution in [1.82, 2.24) is 0 Å². The molecule has 0 aromatic rings. The number of Topliss-reactive ketones (excluding diaryl/α,β-unsaturated/α-hetero) is 1. The molecule has 1 unspecified atom stereocenters. The molecule has 50 heavy (non-hydrogen) atoms. The summed E-state index contributed by atoms with van der Waals surface area (Å²) in [5.74, 6) is -6.22. The molecule has 7 rings (SSSR count). The van der Waals surface area contributed by atoms with Gasteiger partial charge in [-0.05, 0) is 50.0 Å². The molecule has 7 aliphatic rings. The zero-order valence-electron chi connectivity index (χ0n) is 30.5. The maximum atomic E-state index is 14.9. The Morgan fingerprint density at radius 3 is 2.02 bits per heavy atom. The first kappa shape index (κ1) is 35.2. The Morgan fingerprint density at radius 2 is 1.44 bits per heavy atom. The van der Waals surface area contributed by atoms with Gasteiger partial charge in [0.05, 0.1) is 17.6 Å². The van der Waals surface area contributed by atoms with Crippen molar-refractivity contribution >= 4 is 29.7 Å². The fraction of sp³-hybridized carbons (Fsp3) is 0.763. The average molecular weight is 699 g/mol. The highest BCUT2D eigenvalue weighted by Gasteiger charge is 2.82. The van der Waals surface area contributed by atoms with Crippen LogP contribution in [-0.2, 0) is 52.4 Å². The van der Waals surface area contributed by atoms with Crippen molar-refractivity contribution in [3.8, 4) is 0 Å². The molecule has 6 fully saturated rings. The molecule has 1 N–H and O–H groups in total. The van der Waals surface area contributed by atoms with Crippen LogP contribution < -0.4 is 0 Å². The van der Waals surface area contributed by atoms with Gasteiger partial charge >= 0.3 is 23.9 Å². The Morgan fingerprint density at radius 1 is 0.840 bits per heavy atom. The van der Waals surface area contributed by atoms with Crippen LogP contribution in [0.3, 0.4) is 0 Å². The highest BCUT2D eigenvalue weighted by atomic mass is 16.6. The summed E-state index contributed by atoms with van der Waals surface area (Å²) >= 11 is 0. The van der Waals surface area contributed by atoms with E-state index in [4.69, 9.17) is 28.4 Å². The Hall–Kier alpha value is -3.25. The number of hydrogen-bond donors (Lipinski definition) is 1. The fourth-order valence-electron chi connectivity index (χ4n) is 13.0. The highest BCUT2D eigenvalue weighted by molar-refractivity contribution is 5.90. The fourth-order valence-corrected chi connectivity index (χ4v) is 13.0. The molecule has 5 aliphatic carbocycles. The Kier molecular flexibility index (Phi) is 7.65. The molecule has 12 nitrogen and oxygen atoms in total. The molecule has 2 saturated heterocycles. The molecule has 0 spiro atoms. The summed E-state index contributed by atoms with van der Waals surface area (Å²) in [6.45, 7) is 21.0. The van der Waals surface area contributed by atoms with Gasteiger partial charge in [-0.25, -0.2) is 0 Å². The third-order valence-electron chi connectivity index (χ3n) is 14.6. The summed E-state index contributed by atoms with van der Waals surface area (Å²) in [6.07, 6.45) is -2.34. The Bertz CT molecular complexity index is 1620. The van der Waals surface area contributed by atoms with E-state index < -0.39 is 118 Å². The molecule has 18 atom stereocenters. The summed E-state index contributed by atoms with van der Waals surface area (Å²) in [4.78, 5) is 66.0. The summed E-state index contributed by atoms with van der Waals surface area (Å²) < 4.78 is 36.8. The lowest BCUT2D eigenvalue weighted by Crippen LogP contribution is -2.72. The molecule has 0 aromatic carbocycles. The van der Waals surface area contributed by atoms with E-state index in [0.29, 0.717) is 12.2 Å². The number of allylic oxidation sites excluding steroid dienone is 1. The van der Waals surface area contributed by atoms with Gasteiger partial charge in [-0.1, -0.05) is 34.3 Å². The molecule has 0 aromatic heterocycles. The van der Waals surface area contributed by atoms with E-state index in [0.717, 1.165) is 0 Å². The number of rotatable bonds is 4. The van der Waals surface area contributed by atoms with Gasteiger partial charge in [-0.15, -0.1) is 0 Å². The minimum absolute atomic E-state index is 0.232. The van der Waals surface area contributed by atoms with Crippen LogP contribution in [0.1, 0.15) is 75.7 Å². The van der Waals surface area contributed by atoms with Gasteiger partial charge in [0.2, 0.25) is 0 Å². The van der Waals surface area contributed by atoms with Crippen molar-refractivity contribution in [3.63, 3.8) is 0 Å². The van der Waals surface area contributed by atoms with Gasteiger partial charge in [0.15, 0.2) is 17.5 Å².